The lowest BCUT2D eigenvalue weighted by Crippen LogP contribution is -2.46. The first kappa shape index (κ1) is 20.9. The maximum Gasteiger partial charge on any atom is 0.407 e. The first-order chi connectivity index (χ1) is 11.1. The lowest BCUT2D eigenvalue weighted by Gasteiger charge is -2.32. The number of amides is 1. The number of alkyl carbamates (subject to hydrolysis) is 1. The molecule has 1 saturated carbocycles. The summed E-state index contributed by atoms with van der Waals surface area (Å²) < 4.78 is 5.35. The van der Waals surface area contributed by atoms with Crippen LogP contribution in [0.3, 0.4) is 0 Å². The Morgan fingerprint density at radius 2 is 1.75 bits per heavy atom. The number of hydrogen-bond acceptors (Lipinski definition) is 4. The summed E-state index contributed by atoms with van der Waals surface area (Å²) in [5, 5.41) is 13.2. The number of hydrogen-bond donors (Lipinski definition) is 2. The van der Waals surface area contributed by atoms with Crippen LogP contribution < -0.4 is 5.32 Å². The van der Waals surface area contributed by atoms with Crippen LogP contribution in [-0.2, 0) is 9.53 Å². The Kier molecular flexibility index (Phi) is 8.20. The Bertz CT molecular complexity index is 408. The molecule has 0 saturated heterocycles. The minimum Gasteiger partial charge on any atom is -0.444 e. The van der Waals surface area contributed by atoms with Gasteiger partial charge in [0, 0.05) is 18.9 Å². The Labute approximate surface area is 146 Å². The van der Waals surface area contributed by atoms with Gasteiger partial charge in [0.15, 0.2) is 5.78 Å². The van der Waals surface area contributed by atoms with Crippen LogP contribution >= 0.6 is 0 Å². The molecule has 0 aromatic rings. The van der Waals surface area contributed by atoms with Gasteiger partial charge in [-0.25, -0.2) is 4.79 Å². The summed E-state index contributed by atoms with van der Waals surface area (Å²) in [6, 6.07) is -0.216. The first-order valence-electron chi connectivity index (χ1n) is 9.28. The van der Waals surface area contributed by atoms with Gasteiger partial charge in [0.1, 0.15) is 11.7 Å². The van der Waals surface area contributed by atoms with Crippen LogP contribution in [0.4, 0.5) is 4.79 Å². The third-order valence-corrected chi connectivity index (χ3v) is 4.38. The summed E-state index contributed by atoms with van der Waals surface area (Å²) in [7, 11) is 0. The van der Waals surface area contributed by atoms with Crippen LogP contribution in [0.1, 0.15) is 79.6 Å². The molecule has 1 fully saturated rings. The number of Topliss-reactive ketones (excluding diaryl/α,β-unsaturated/α-hetero) is 1. The Morgan fingerprint density at radius 3 is 2.25 bits per heavy atom. The zero-order valence-corrected chi connectivity index (χ0v) is 15.9. The molecule has 1 rings (SSSR count). The summed E-state index contributed by atoms with van der Waals surface area (Å²) >= 11 is 0. The van der Waals surface area contributed by atoms with Crippen LogP contribution in [0, 0.1) is 11.8 Å². The number of nitrogens with one attached hydrogen (secondary N) is 1. The summed E-state index contributed by atoms with van der Waals surface area (Å²) in [5.41, 5.74) is -0.562. The minimum absolute atomic E-state index is 0.142. The SMILES string of the molecule is CC(C)CC(=O)C(O)CC(NC(=O)OC(C)(C)C)C1CCCCC1. The van der Waals surface area contributed by atoms with Crippen LogP contribution in [0.2, 0.25) is 0 Å². The van der Waals surface area contributed by atoms with Gasteiger partial charge < -0.3 is 15.2 Å². The first-order valence-corrected chi connectivity index (χ1v) is 9.28. The molecule has 1 aliphatic rings. The lowest BCUT2D eigenvalue weighted by molar-refractivity contribution is -0.128. The number of aliphatic hydroxyl groups excluding tert-OH is 1. The van der Waals surface area contributed by atoms with Crippen molar-refractivity contribution in [3.8, 4) is 0 Å². The molecule has 2 unspecified atom stereocenters. The van der Waals surface area contributed by atoms with E-state index in [9.17, 15) is 14.7 Å². The van der Waals surface area contributed by atoms with Gasteiger partial charge in [0.05, 0.1) is 0 Å². The van der Waals surface area contributed by atoms with Gasteiger partial charge in [-0.05, 0) is 45.4 Å². The summed E-state index contributed by atoms with van der Waals surface area (Å²) in [5.74, 6) is 0.378. The van der Waals surface area contributed by atoms with Crippen molar-refractivity contribution in [2.75, 3.05) is 0 Å². The van der Waals surface area contributed by atoms with Gasteiger partial charge in [-0.3, -0.25) is 4.79 Å². The monoisotopic (exact) mass is 341 g/mol. The highest BCUT2D eigenvalue weighted by Crippen LogP contribution is 2.29. The normalized spacial score (nSPS) is 19.0. The van der Waals surface area contributed by atoms with E-state index in [1.54, 1.807) is 0 Å². The van der Waals surface area contributed by atoms with E-state index in [0.717, 1.165) is 25.7 Å². The van der Waals surface area contributed by atoms with E-state index in [1.165, 1.54) is 6.42 Å². The second kappa shape index (κ2) is 9.40. The third kappa shape index (κ3) is 8.13. The van der Waals surface area contributed by atoms with E-state index < -0.39 is 17.8 Å². The van der Waals surface area contributed by atoms with Crippen molar-refractivity contribution in [2.45, 2.75) is 97.3 Å². The second-order valence-electron chi connectivity index (χ2n) is 8.47. The number of carbonyl (C=O) groups is 2. The highest BCUT2D eigenvalue weighted by Gasteiger charge is 2.30. The summed E-state index contributed by atoms with van der Waals surface area (Å²) in [6.45, 7) is 9.39. The standard InChI is InChI=1S/C19H35NO4/c1-13(2)11-16(21)17(22)12-15(14-9-7-6-8-10-14)20-18(23)24-19(3,4)5/h13-15,17,22H,6-12H2,1-5H3,(H,20,23). The number of aliphatic hydroxyl groups is 1. The lowest BCUT2D eigenvalue weighted by atomic mass is 9.81. The molecule has 0 aliphatic heterocycles. The Morgan fingerprint density at radius 1 is 1.17 bits per heavy atom. The zero-order chi connectivity index (χ0) is 18.3. The fourth-order valence-electron chi connectivity index (χ4n) is 3.28. The van der Waals surface area contributed by atoms with Crippen molar-refractivity contribution in [1.29, 1.82) is 0 Å². The maximum atomic E-state index is 12.1. The highest BCUT2D eigenvalue weighted by atomic mass is 16.6. The molecule has 1 aliphatic carbocycles. The van der Waals surface area contributed by atoms with Gasteiger partial charge in [0.2, 0.25) is 0 Å². The van der Waals surface area contributed by atoms with Crippen molar-refractivity contribution in [1.82, 2.24) is 5.32 Å². The van der Waals surface area contributed by atoms with Crippen molar-refractivity contribution < 1.29 is 19.4 Å². The third-order valence-electron chi connectivity index (χ3n) is 4.38. The molecule has 0 bridgehead atoms. The van der Waals surface area contributed by atoms with E-state index in [2.05, 4.69) is 5.32 Å². The average molecular weight is 341 g/mol. The zero-order valence-electron chi connectivity index (χ0n) is 15.9. The van der Waals surface area contributed by atoms with Gasteiger partial charge in [0.25, 0.3) is 0 Å². The number of ketones is 1. The van der Waals surface area contributed by atoms with Crippen molar-refractivity contribution in [3.05, 3.63) is 0 Å². The van der Waals surface area contributed by atoms with E-state index >= 15 is 0 Å². The fourth-order valence-corrected chi connectivity index (χ4v) is 3.28. The van der Waals surface area contributed by atoms with E-state index in [-0.39, 0.29) is 24.2 Å². The summed E-state index contributed by atoms with van der Waals surface area (Å²) in [4.78, 5) is 24.2. The average Bonchev–Trinajstić information content (AvgIpc) is 2.44. The summed E-state index contributed by atoms with van der Waals surface area (Å²) in [6.07, 6.45) is 4.67. The van der Waals surface area contributed by atoms with Crippen molar-refractivity contribution >= 4 is 11.9 Å². The van der Waals surface area contributed by atoms with Crippen LogP contribution in [0.5, 0.6) is 0 Å². The highest BCUT2D eigenvalue weighted by molar-refractivity contribution is 5.83. The Balaban J connectivity index is 2.70. The van der Waals surface area contributed by atoms with Crippen molar-refractivity contribution in [3.63, 3.8) is 0 Å². The molecule has 24 heavy (non-hydrogen) atoms. The van der Waals surface area contributed by atoms with Gasteiger partial charge in [-0.2, -0.15) is 0 Å². The van der Waals surface area contributed by atoms with Crippen LogP contribution in [-0.4, -0.2) is 34.7 Å². The molecule has 0 spiro atoms. The molecule has 0 radical (unpaired) electrons. The van der Waals surface area contributed by atoms with Crippen LogP contribution in [0.25, 0.3) is 0 Å². The maximum absolute atomic E-state index is 12.1. The molecular formula is C19H35NO4. The topological polar surface area (TPSA) is 75.6 Å². The molecule has 5 nitrogen and oxygen atoms in total. The largest absolute Gasteiger partial charge is 0.444 e. The quantitative estimate of drug-likeness (QED) is 0.738. The molecule has 2 N–H and O–H groups in total. The number of ether oxygens (including phenoxy) is 1. The number of carbonyl (C=O) groups excluding carboxylic acids is 2. The van der Waals surface area contributed by atoms with Crippen LogP contribution in [0.15, 0.2) is 0 Å². The molecular weight excluding hydrogens is 306 g/mol. The number of rotatable bonds is 7. The molecule has 2 atom stereocenters. The molecule has 1 amide bonds. The molecule has 0 aromatic heterocycles. The van der Waals surface area contributed by atoms with Gasteiger partial charge in [-0.1, -0.05) is 33.1 Å². The van der Waals surface area contributed by atoms with Crippen molar-refractivity contribution in [2.24, 2.45) is 11.8 Å². The van der Waals surface area contributed by atoms with E-state index in [4.69, 9.17) is 4.74 Å². The Hall–Kier alpha value is -1.10. The second-order valence-corrected chi connectivity index (χ2v) is 8.47. The van der Waals surface area contributed by atoms with Gasteiger partial charge >= 0.3 is 6.09 Å². The molecule has 5 heteroatoms. The molecule has 0 heterocycles. The fraction of sp³-hybridized carbons (Fsp3) is 0.895. The van der Waals surface area contributed by atoms with E-state index in [1.807, 2.05) is 34.6 Å². The smallest absolute Gasteiger partial charge is 0.407 e. The minimum atomic E-state index is -1.02. The predicted octanol–water partition coefficient (Wildman–Crippen LogP) is 3.83. The van der Waals surface area contributed by atoms with E-state index in [0.29, 0.717) is 12.3 Å². The predicted molar refractivity (Wildman–Crippen MR) is 94.8 cm³/mol. The van der Waals surface area contributed by atoms with Gasteiger partial charge in [-0.15, -0.1) is 0 Å². The molecule has 140 valence electrons. The molecule has 0 aromatic carbocycles.